The molecule has 0 spiro atoms. The number of hydrogen-bond donors (Lipinski definition) is 1. The van der Waals surface area contributed by atoms with Gasteiger partial charge in [0.2, 0.25) is 0 Å². The van der Waals surface area contributed by atoms with E-state index in [0.717, 1.165) is 43.1 Å². The van der Waals surface area contributed by atoms with E-state index in [1.54, 1.807) is 7.11 Å². The second-order valence-corrected chi connectivity index (χ2v) is 5.36. The van der Waals surface area contributed by atoms with Crippen LogP contribution in [0.25, 0.3) is 0 Å². The molecule has 2 N–H and O–H groups in total. The summed E-state index contributed by atoms with van der Waals surface area (Å²) in [5, 5.41) is 0. The van der Waals surface area contributed by atoms with Crippen LogP contribution in [-0.4, -0.2) is 32.9 Å². The number of nitrogens with zero attached hydrogens (tertiary/aromatic N) is 1. The van der Waals surface area contributed by atoms with Gasteiger partial charge >= 0.3 is 0 Å². The molecule has 0 aliphatic carbocycles. The summed E-state index contributed by atoms with van der Waals surface area (Å²) in [4.78, 5) is 2.34. The Morgan fingerprint density at radius 1 is 1.50 bits per heavy atom. The third-order valence-corrected chi connectivity index (χ3v) is 3.89. The zero-order chi connectivity index (χ0) is 14.5. The summed E-state index contributed by atoms with van der Waals surface area (Å²) in [5.74, 6) is 0.864. The first-order valence-electron chi connectivity index (χ1n) is 7.46. The van der Waals surface area contributed by atoms with Crippen molar-refractivity contribution in [3.8, 4) is 5.75 Å². The van der Waals surface area contributed by atoms with Gasteiger partial charge in [0.15, 0.2) is 0 Å². The van der Waals surface area contributed by atoms with Gasteiger partial charge in [-0.1, -0.05) is 6.07 Å². The predicted octanol–water partition coefficient (Wildman–Crippen LogP) is 2.72. The van der Waals surface area contributed by atoms with E-state index in [4.69, 9.17) is 15.2 Å². The molecule has 1 aliphatic heterocycles. The Bertz CT molecular complexity index is 428. The normalized spacial score (nSPS) is 19.9. The lowest BCUT2D eigenvalue weighted by molar-refractivity contribution is 0.115. The zero-order valence-electron chi connectivity index (χ0n) is 12.8. The average Bonchev–Trinajstić information content (AvgIpc) is 2.96. The van der Waals surface area contributed by atoms with E-state index in [-0.39, 0.29) is 6.04 Å². The Balaban J connectivity index is 2.27. The highest BCUT2D eigenvalue weighted by Crippen LogP contribution is 2.34. The number of rotatable bonds is 6. The lowest BCUT2D eigenvalue weighted by Crippen LogP contribution is -2.33. The van der Waals surface area contributed by atoms with Crippen molar-refractivity contribution in [2.24, 2.45) is 5.73 Å². The van der Waals surface area contributed by atoms with Gasteiger partial charge in [-0.2, -0.15) is 0 Å². The van der Waals surface area contributed by atoms with Crippen molar-refractivity contribution in [3.63, 3.8) is 0 Å². The molecule has 2 unspecified atom stereocenters. The van der Waals surface area contributed by atoms with Gasteiger partial charge in [0, 0.05) is 37.0 Å². The van der Waals surface area contributed by atoms with E-state index >= 15 is 0 Å². The van der Waals surface area contributed by atoms with Crippen LogP contribution in [0.3, 0.4) is 0 Å². The molecule has 0 aromatic heterocycles. The van der Waals surface area contributed by atoms with E-state index in [2.05, 4.69) is 17.9 Å². The van der Waals surface area contributed by atoms with Gasteiger partial charge in [-0.15, -0.1) is 0 Å². The minimum atomic E-state index is -0.0558. The molecule has 4 heteroatoms. The molecule has 112 valence electrons. The van der Waals surface area contributed by atoms with E-state index in [9.17, 15) is 0 Å². The van der Waals surface area contributed by atoms with Crippen LogP contribution in [0.5, 0.6) is 5.75 Å². The van der Waals surface area contributed by atoms with Gasteiger partial charge in [-0.25, -0.2) is 0 Å². The first-order chi connectivity index (χ1) is 9.67. The number of nitrogens with two attached hydrogens (primary N) is 1. The standard InChI is InChI=1S/C16H26N2O2/c1-4-18(11-13-7-6-10-20-13)14-8-5-9-15(19-3)16(14)12(2)17/h5,8-9,12-13H,4,6-7,10-11,17H2,1-3H3. The molecule has 2 atom stereocenters. The topological polar surface area (TPSA) is 47.7 Å². The molecule has 1 saturated heterocycles. The molecular weight excluding hydrogens is 252 g/mol. The third kappa shape index (κ3) is 3.25. The van der Waals surface area contributed by atoms with Crippen LogP contribution in [0.15, 0.2) is 18.2 Å². The highest BCUT2D eigenvalue weighted by molar-refractivity contribution is 5.60. The first kappa shape index (κ1) is 15.1. The fourth-order valence-electron chi connectivity index (χ4n) is 2.88. The Labute approximate surface area is 121 Å². The van der Waals surface area contributed by atoms with Gasteiger partial charge in [0.1, 0.15) is 5.75 Å². The van der Waals surface area contributed by atoms with E-state index in [1.165, 1.54) is 6.42 Å². The molecule has 4 nitrogen and oxygen atoms in total. The number of anilines is 1. The summed E-state index contributed by atoms with van der Waals surface area (Å²) >= 11 is 0. The van der Waals surface area contributed by atoms with Crippen LogP contribution in [0.4, 0.5) is 5.69 Å². The first-order valence-corrected chi connectivity index (χ1v) is 7.46. The van der Waals surface area contributed by atoms with E-state index in [1.807, 2.05) is 19.1 Å². The average molecular weight is 278 g/mol. The van der Waals surface area contributed by atoms with Gasteiger partial charge in [-0.05, 0) is 38.8 Å². The number of methoxy groups -OCH3 is 1. The summed E-state index contributed by atoms with van der Waals surface area (Å²) in [5.41, 5.74) is 8.40. The van der Waals surface area contributed by atoms with Crippen molar-refractivity contribution < 1.29 is 9.47 Å². The summed E-state index contributed by atoms with van der Waals surface area (Å²) in [6.07, 6.45) is 2.65. The molecule has 20 heavy (non-hydrogen) atoms. The van der Waals surface area contributed by atoms with Crippen LogP contribution < -0.4 is 15.4 Å². The molecule has 1 aliphatic rings. The number of likely N-dealkylation sites (N-methyl/N-ethyl adjacent to an activating group) is 1. The van der Waals surface area contributed by atoms with Crippen molar-refractivity contribution in [1.82, 2.24) is 0 Å². The summed E-state index contributed by atoms with van der Waals surface area (Å²) in [6.45, 7) is 6.91. The van der Waals surface area contributed by atoms with Crippen molar-refractivity contribution >= 4 is 5.69 Å². The molecule has 1 aromatic rings. The van der Waals surface area contributed by atoms with Crippen molar-refractivity contribution in [2.75, 3.05) is 31.7 Å². The lowest BCUT2D eigenvalue weighted by Gasteiger charge is -2.30. The predicted molar refractivity (Wildman–Crippen MR) is 82.5 cm³/mol. The van der Waals surface area contributed by atoms with E-state index in [0.29, 0.717) is 6.10 Å². The Morgan fingerprint density at radius 2 is 2.30 bits per heavy atom. The van der Waals surface area contributed by atoms with Gasteiger partial charge < -0.3 is 20.1 Å². The van der Waals surface area contributed by atoms with Crippen molar-refractivity contribution in [3.05, 3.63) is 23.8 Å². The smallest absolute Gasteiger partial charge is 0.125 e. The van der Waals surface area contributed by atoms with Gasteiger partial charge in [-0.3, -0.25) is 0 Å². The maximum absolute atomic E-state index is 6.15. The number of benzene rings is 1. The molecule has 0 amide bonds. The summed E-state index contributed by atoms with van der Waals surface area (Å²) in [6, 6.07) is 6.07. The molecule has 1 heterocycles. The molecule has 2 rings (SSSR count). The summed E-state index contributed by atoms with van der Waals surface area (Å²) < 4.78 is 11.2. The van der Waals surface area contributed by atoms with Gasteiger partial charge in [0.25, 0.3) is 0 Å². The molecule has 0 saturated carbocycles. The SMILES string of the molecule is CCN(CC1CCCO1)c1cccc(OC)c1C(C)N. The quantitative estimate of drug-likeness (QED) is 0.869. The van der Waals surface area contributed by atoms with Crippen LogP contribution in [-0.2, 0) is 4.74 Å². The second-order valence-electron chi connectivity index (χ2n) is 5.36. The van der Waals surface area contributed by atoms with Crippen LogP contribution >= 0.6 is 0 Å². The monoisotopic (exact) mass is 278 g/mol. The van der Waals surface area contributed by atoms with Gasteiger partial charge in [0.05, 0.1) is 13.2 Å². The molecule has 1 aromatic carbocycles. The zero-order valence-corrected chi connectivity index (χ0v) is 12.8. The van der Waals surface area contributed by atoms with E-state index < -0.39 is 0 Å². The fraction of sp³-hybridized carbons (Fsp3) is 0.625. The minimum Gasteiger partial charge on any atom is -0.496 e. The maximum atomic E-state index is 6.15. The fourth-order valence-corrected chi connectivity index (χ4v) is 2.88. The molecule has 0 radical (unpaired) electrons. The highest BCUT2D eigenvalue weighted by Gasteiger charge is 2.22. The highest BCUT2D eigenvalue weighted by atomic mass is 16.5. The van der Waals surface area contributed by atoms with Crippen LogP contribution in [0, 0.1) is 0 Å². The third-order valence-electron chi connectivity index (χ3n) is 3.89. The van der Waals surface area contributed by atoms with Crippen molar-refractivity contribution in [1.29, 1.82) is 0 Å². The summed E-state index contributed by atoms with van der Waals surface area (Å²) in [7, 11) is 1.70. The Morgan fingerprint density at radius 3 is 2.85 bits per heavy atom. The minimum absolute atomic E-state index is 0.0558. The largest absolute Gasteiger partial charge is 0.496 e. The van der Waals surface area contributed by atoms with Crippen LogP contribution in [0.1, 0.15) is 38.3 Å². The lowest BCUT2D eigenvalue weighted by atomic mass is 10.0. The molecular formula is C16H26N2O2. The van der Waals surface area contributed by atoms with Crippen molar-refractivity contribution in [2.45, 2.75) is 38.8 Å². The maximum Gasteiger partial charge on any atom is 0.125 e. The van der Waals surface area contributed by atoms with Crippen LogP contribution in [0.2, 0.25) is 0 Å². The Hall–Kier alpha value is -1.26. The molecule has 0 bridgehead atoms. The number of ether oxygens (including phenoxy) is 2. The number of hydrogen-bond acceptors (Lipinski definition) is 4. The second kappa shape index (κ2) is 6.95. The molecule has 1 fully saturated rings. The Kier molecular flexibility index (Phi) is 5.26.